The number of hydrogen-bond donors (Lipinski definition) is 1. The lowest BCUT2D eigenvalue weighted by molar-refractivity contribution is 0.366. The molecule has 0 aromatic heterocycles. The molecule has 1 fully saturated rings. The maximum atomic E-state index is 4.36. The molecule has 1 saturated heterocycles. The molecule has 0 bridgehead atoms. The number of piperidine rings is 1. The molecule has 3 nitrogen and oxygen atoms in total. The van der Waals surface area contributed by atoms with Crippen molar-refractivity contribution in [2.45, 2.75) is 23.2 Å². The Hall–Kier alpha value is -0.260. The van der Waals surface area contributed by atoms with E-state index in [1.807, 2.05) is 18.2 Å². The molecule has 0 amide bonds. The smallest absolute Gasteiger partial charge is 0.112 e. The van der Waals surface area contributed by atoms with Gasteiger partial charge >= 0.3 is 0 Å². The molecule has 92 valence electrons. The molecule has 1 aliphatic rings. The van der Waals surface area contributed by atoms with Crippen LogP contribution in [0.4, 0.5) is 0 Å². The van der Waals surface area contributed by atoms with Crippen molar-refractivity contribution in [3.8, 4) is 0 Å². The van der Waals surface area contributed by atoms with Crippen LogP contribution in [0, 0.1) is 0 Å². The second-order valence-electron chi connectivity index (χ2n) is 4.29. The molecule has 0 spiro atoms. The second kappa shape index (κ2) is 6.07. The molecular weight excluding hydrogens is 346 g/mol. The van der Waals surface area contributed by atoms with Gasteiger partial charge < -0.3 is 5.32 Å². The van der Waals surface area contributed by atoms with Crippen LogP contribution in [0.3, 0.4) is 0 Å². The Labute approximate surface area is 119 Å². The fourth-order valence-corrected chi connectivity index (χ4v) is 3.20. The zero-order valence-electron chi connectivity index (χ0n) is 9.44. The van der Waals surface area contributed by atoms with Crippen LogP contribution in [-0.2, 0) is 0 Å². The number of alkyl halides is 1. The van der Waals surface area contributed by atoms with E-state index in [1.165, 1.54) is 5.56 Å². The van der Waals surface area contributed by atoms with E-state index in [-0.39, 0.29) is 10.4 Å². The summed E-state index contributed by atoms with van der Waals surface area (Å²) in [6.07, 6.45) is 2.11. The minimum absolute atomic E-state index is 0.0108. The minimum Gasteiger partial charge on any atom is -0.317 e. The zero-order valence-corrected chi connectivity index (χ0v) is 12.6. The topological polar surface area (TPSA) is 36.8 Å². The van der Waals surface area contributed by atoms with Crippen LogP contribution in [0.5, 0.6) is 0 Å². The molecule has 1 aromatic carbocycles. The summed E-state index contributed by atoms with van der Waals surface area (Å²) in [4.78, 5) is 0. The predicted molar refractivity (Wildman–Crippen MR) is 76.7 cm³/mol. The maximum absolute atomic E-state index is 4.36. The van der Waals surface area contributed by atoms with E-state index >= 15 is 0 Å². The molecule has 17 heavy (non-hydrogen) atoms. The van der Waals surface area contributed by atoms with Gasteiger partial charge in [-0.2, -0.15) is 5.11 Å². The molecule has 2 rings (SSSR count). The van der Waals surface area contributed by atoms with E-state index in [9.17, 15) is 0 Å². The highest BCUT2D eigenvalue weighted by Gasteiger charge is 2.38. The highest BCUT2D eigenvalue weighted by molar-refractivity contribution is 9.10. The molecule has 5 heteroatoms. The molecule has 1 unspecified atom stereocenters. The molecule has 1 heterocycles. The first-order valence-corrected chi connectivity index (χ1v) is 7.22. The van der Waals surface area contributed by atoms with E-state index in [0.29, 0.717) is 0 Å². The van der Waals surface area contributed by atoms with Gasteiger partial charge in [0.15, 0.2) is 0 Å². The number of nitrogens with one attached hydrogen (secondary N) is 1. The van der Waals surface area contributed by atoms with Crippen molar-refractivity contribution in [1.29, 1.82) is 0 Å². The first kappa shape index (κ1) is 13.2. The van der Waals surface area contributed by atoms with E-state index in [1.54, 1.807) is 0 Å². The van der Waals surface area contributed by atoms with Gasteiger partial charge in [0.1, 0.15) is 6.04 Å². The maximum Gasteiger partial charge on any atom is 0.112 e. The molecular formula is C12H15Br2N3. The Morgan fingerprint density at radius 2 is 1.82 bits per heavy atom. The third-order valence-corrected chi connectivity index (χ3v) is 4.61. The van der Waals surface area contributed by atoms with Crippen LogP contribution in [0.15, 0.2) is 39.6 Å². The molecule has 0 radical (unpaired) electrons. The van der Waals surface area contributed by atoms with Gasteiger partial charge in [0, 0.05) is 0 Å². The van der Waals surface area contributed by atoms with Crippen molar-refractivity contribution < 1.29 is 0 Å². The van der Waals surface area contributed by atoms with Gasteiger partial charge in [0.25, 0.3) is 0 Å². The third-order valence-electron chi connectivity index (χ3n) is 3.20. The fraction of sp³-hybridized carbons (Fsp3) is 0.500. The van der Waals surface area contributed by atoms with Crippen LogP contribution in [-0.4, -0.2) is 17.4 Å². The summed E-state index contributed by atoms with van der Waals surface area (Å²) >= 11 is 6.95. The predicted octanol–water partition coefficient (Wildman–Crippen LogP) is 4.01. The van der Waals surface area contributed by atoms with E-state index in [0.717, 1.165) is 25.9 Å². The van der Waals surface area contributed by atoms with Crippen LogP contribution in [0.25, 0.3) is 0 Å². The second-order valence-corrected chi connectivity index (χ2v) is 6.19. The largest absolute Gasteiger partial charge is 0.317 e. The monoisotopic (exact) mass is 359 g/mol. The highest BCUT2D eigenvalue weighted by Crippen LogP contribution is 2.43. The highest BCUT2D eigenvalue weighted by atomic mass is 79.9. The Morgan fingerprint density at radius 3 is 2.41 bits per heavy atom. The fourth-order valence-electron chi connectivity index (χ4n) is 2.26. The van der Waals surface area contributed by atoms with Gasteiger partial charge in [-0.1, -0.05) is 46.3 Å². The first-order valence-electron chi connectivity index (χ1n) is 5.72. The Morgan fingerprint density at radius 1 is 1.18 bits per heavy atom. The molecule has 0 aliphatic carbocycles. The summed E-state index contributed by atoms with van der Waals surface area (Å²) in [5.41, 5.74) is 1.20. The number of halogens is 2. The first-order chi connectivity index (χ1) is 8.26. The van der Waals surface area contributed by atoms with E-state index in [2.05, 4.69) is 58.8 Å². The van der Waals surface area contributed by atoms with Crippen molar-refractivity contribution >= 4 is 32.1 Å². The van der Waals surface area contributed by atoms with Crippen molar-refractivity contribution in [2.24, 2.45) is 9.25 Å². The molecule has 1 N–H and O–H groups in total. The molecule has 1 atom stereocenters. The Balaban J connectivity index is 2.28. The average molecular weight is 361 g/mol. The van der Waals surface area contributed by atoms with Crippen LogP contribution < -0.4 is 5.32 Å². The summed E-state index contributed by atoms with van der Waals surface area (Å²) in [5, 5.41) is 7.73. The normalized spacial score (nSPS) is 21.5. The average Bonchev–Trinajstić information content (AvgIpc) is 2.38. The summed E-state index contributed by atoms with van der Waals surface area (Å²) in [6.45, 7) is 2.04. The van der Waals surface area contributed by atoms with Crippen molar-refractivity contribution in [2.75, 3.05) is 13.1 Å². The Kier molecular flexibility index (Phi) is 4.70. The number of hydrogen-bond acceptors (Lipinski definition) is 3. The standard InChI is InChI=1S/C12H15Br2N3/c13-12(6-8-15-9-7-12)11(16-17-14)10-4-2-1-3-5-10/h1-5,11,15H,6-9H2. The van der Waals surface area contributed by atoms with Gasteiger partial charge in [0.05, 0.1) is 20.5 Å². The summed E-state index contributed by atoms with van der Waals surface area (Å²) in [5.74, 6) is 0. The summed E-state index contributed by atoms with van der Waals surface area (Å²) in [7, 11) is 0. The van der Waals surface area contributed by atoms with E-state index in [4.69, 9.17) is 0 Å². The number of nitrogens with zero attached hydrogens (tertiary/aromatic N) is 2. The van der Waals surface area contributed by atoms with Gasteiger partial charge in [-0.05, 0) is 31.5 Å². The third kappa shape index (κ3) is 3.14. The SMILES string of the molecule is BrN=NC(c1ccccc1)C1(Br)CCNCC1. The quantitative estimate of drug-likeness (QED) is 0.641. The molecule has 1 aromatic rings. The summed E-state index contributed by atoms with van der Waals surface area (Å²) in [6, 6.07) is 10.4. The Bertz CT molecular complexity index is 375. The van der Waals surface area contributed by atoms with Gasteiger partial charge in [-0.3, -0.25) is 0 Å². The van der Waals surface area contributed by atoms with E-state index < -0.39 is 0 Å². The number of rotatable bonds is 3. The molecule has 0 saturated carbocycles. The lowest BCUT2D eigenvalue weighted by atomic mass is 9.86. The lowest BCUT2D eigenvalue weighted by Gasteiger charge is -2.36. The summed E-state index contributed by atoms with van der Waals surface area (Å²) < 4.78 is 3.83. The van der Waals surface area contributed by atoms with Crippen LogP contribution in [0.2, 0.25) is 0 Å². The van der Waals surface area contributed by atoms with Crippen molar-refractivity contribution in [3.05, 3.63) is 35.9 Å². The minimum atomic E-state index is 0.0108. The van der Waals surface area contributed by atoms with Crippen molar-refractivity contribution in [1.82, 2.24) is 5.32 Å². The van der Waals surface area contributed by atoms with Gasteiger partial charge in [0.2, 0.25) is 0 Å². The lowest BCUT2D eigenvalue weighted by Crippen LogP contribution is -2.41. The van der Waals surface area contributed by atoms with Gasteiger partial charge in [-0.25, -0.2) is 0 Å². The van der Waals surface area contributed by atoms with Gasteiger partial charge in [-0.15, -0.1) is 4.14 Å². The number of benzene rings is 1. The van der Waals surface area contributed by atoms with Crippen molar-refractivity contribution in [3.63, 3.8) is 0 Å². The molecule has 1 aliphatic heterocycles. The van der Waals surface area contributed by atoms with Crippen LogP contribution >= 0.6 is 32.1 Å². The zero-order chi connectivity index (χ0) is 12.1. The van der Waals surface area contributed by atoms with Crippen LogP contribution in [0.1, 0.15) is 24.4 Å².